The number of pyridine rings is 1. The standard InChI is InChI=1S/C12H16BrNOS/c13-9-12(3-7-15-8-4-12)10-16-11-1-5-14-6-2-11/h1-2,5-6H,3-4,7-10H2. The van der Waals surface area contributed by atoms with E-state index in [4.69, 9.17) is 4.74 Å². The van der Waals surface area contributed by atoms with Gasteiger partial charge in [-0.1, -0.05) is 15.9 Å². The molecule has 4 heteroatoms. The fraction of sp³-hybridized carbons (Fsp3) is 0.583. The summed E-state index contributed by atoms with van der Waals surface area (Å²) >= 11 is 5.59. The summed E-state index contributed by atoms with van der Waals surface area (Å²) in [7, 11) is 0. The molecule has 0 saturated carbocycles. The number of hydrogen-bond acceptors (Lipinski definition) is 3. The van der Waals surface area contributed by atoms with E-state index in [2.05, 4.69) is 33.0 Å². The molecular weight excluding hydrogens is 286 g/mol. The predicted octanol–water partition coefficient (Wildman–Crippen LogP) is 3.37. The van der Waals surface area contributed by atoms with Gasteiger partial charge in [0.25, 0.3) is 0 Å². The van der Waals surface area contributed by atoms with Crippen LogP contribution < -0.4 is 0 Å². The summed E-state index contributed by atoms with van der Waals surface area (Å²) in [5.74, 6) is 1.16. The largest absolute Gasteiger partial charge is 0.381 e. The van der Waals surface area contributed by atoms with Crippen LogP contribution in [0.2, 0.25) is 0 Å². The number of thioether (sulfide) groups is 1. The molecule has 16 heavy (non-hydrogen) atoms. The molecule has 2 nitrogen and oxygen atoms in total. The van der Waals surface area contributed by atoms with Gasteiger partial charge >= 0.3 is 0 Å². The fourth-order valence-electron chi connectivity index (χ4n) is 1.79. The Labute approximate surface area is 109 Å². The van der Waals surface area contributed by atoms with Crippen molar-refractivity contribution < 1.29 is 4.74 Å². The first-order chi connectivity index (χ1) is 7.85. The Morgan fingerprint density at radius 2 is 2.00 bits per heavy atom. The van der Waals surface area contributed by atoms with E-state index >= 15 is 0 Å². The van der Waals surface area contributed by atoms with Gasteiger partial charge in [0.1, 0.15) is 0 Å². The highest BCUT2D eigenvalue weighted by molar-refractivity contribution is 9.09. The maximum atomic E-state index is 5.44. The van der Waals surface area contributed by atoms with Crippen molar-refractivity contribution in [3.05, 3.63) is 24.5 Å². The van der Waals surface area contributed by atoms with Gasteiger partial charge in [0.2, 0.25) is 0 Å². The first-order valence-corrected chi connectivity index (χ1v) is 7.62. The lowest BCUT2D eigenvalue weighted by atomic mass is 9.85. The van der Waals surface area contributed by atoms with Gasteiger partial charge in [-0.2, -0.15) is 0 Å². The lowest BCUT2D eigenvalue weighted by molar-refractivity contribution is 0.0374. The highest BCUT2D eigenvalue weighted by Crippen LogP contribution is 2.37. The molecule has 1 saturated heterocycles. The maximum absolute atomic E-state index is 5.44. The molecule has 2 heterocycles. The zero-order valence-corrected chi connectivity index (χ0v) is 11.6. The molecule has 1 aliphatic heterocycles. The Balaban J connectivity index is 1.92. The van der Waals surface area contributed by atoms with Crippen molar-refractivity contribution in [2.24, 2.45) is 5.41 Å². The molecule has 0 amide bonds. The smallest absolute Gasteiger partial charge is 0.0471 e. The van der Waals surface area contributed by atoms with Crippen LogP contribution >= 0.6 is 27.7 Å². The Morgan fingerprint density at radius 1 is 1.31 bits per heavy atom. The van der Waals surface area contributed by atoms with Crippen LogP contribution in [-0.2, 0) is 4.74 Å². The van der Waals surface area contributed by atoms with E-state index in [0.717, 1.165) is 37.1 Å². The first-order valence-electron chi connectivity index (χ1n) is 5.51. The maximum Gasteiger partial charge on any atom is 0.0471 e. The van der Waals surface area contributed by atoms with Gasteiger partial charge in [-0.25, -0.2) is 0 Å². The molecule has 2 rings (SSSR count). The molecular formula is C12H16BrNOS. The number of ether oxygens (including phenoxy) is 1. The second kappa shape index (κ2) is 6.03. The van der Waals surface area contributed by atoms with Crippen LogP contribution in [0.15, 0.2) is 29.4 Å². The van der Waals surface area contributed by atoms with Crippen molar-refractivity contribution in [3.8, 4) is 0 Å². The quantitative estimate of drug-likeness (QED) is 0.629. The van der Waals surface area contributed by atoms with Gasteiger partial charge in [-0.05, 0) is 30.4 Å². The lowest BCUT2D eigenvalue weighted by Gasteiger charge is -2.35. The van der Waals surface area contributed by atoms with E-state index in [-0.39, 0.29) is 0 Å². The van der Waals surface area contributed by atoms with Crippen molar-refractivity contribution >= 4 is 27.7 Å². The van der Waals surface area contributed by atoms with Crippen LogP contribution in [-0.4, -0.2) is 29.3 Å². The molecule has 0 N–H and O–H groups in total. The zero-order chi connectivity index (χ0) is 11.3. The summed E-state index contributed by atoms with van der Waals surface area (Å²) in [5.41, 5.74) is 0.409. The van der Waals surface area contributed by atoms with Gasteiger partial charge < -0.3 is 4.74 Å². The van der Waals surface area contributed by atoms with Gasteiger partial charge in [-0.3, -0.25) is 4.98 Å². The number of alkyl halides is 1. The minimum absolute atomic E-state index is 0.409. The van der Waals surface area contributed by atoms with E-state index in [1.165, 1.54) is 4.90 Å². The Morgan fingerprint density at radius 3 is 2.62 bits per heavy atom. The van der Waals surface area contributed by atoms with Gasteiger partial charge in [-0.15, -0.1) is 11.8 Å². The molecule has 0 aromatic carbocycles. The Hall–Kier alpha value is -0.0600. The van der Waals surface area contributed by atoms with Crippen molar-refractivity contribution in [1.82, 2.24) is 4.98 Å². The van der Waals surface area contributed by atoms with E-state index in [1.807, 2.05) is 24.2 Å². The van der Waals surface area contributed by atoms with Crippen molar-refractivity contribution in [2.45, 2.75) is 17.7 Å². The summed E-state index contributed by atoms with van der Waals surface area (Å²) in [4.78, 5) is 5.34. The highest BCUT2D eigenvalue weighted by Gasteiger charge is 2.31. The van der Waals surface area contributed by atoms with Crippen molar-refractivity contribution in [3.63, 3.8) is 0 Å². The number of aromatic nitrogens is 1. The van der Waals surface area contributed by atoms with Crippen molar-refractivity contribution in [1.29, 1.82) is 0 Å². The summed E-state index contributed by atoms with van der Waals surface area (Å²) < 4.78 is 5.44. The van der Waals surface area contributed by atoms with Gasteiger partial charge in [0, 0.05) is 41.6 Å². The minimum atomic E-state index is 0.409. The third-order valence-corrected chi connectivity index (χ3v) is 5.58. The van der Waals surface area contributed by atoms with Crippen LogP contribution in [0, 0.1) is 5.41 Å². The molecule has 1 aromatic rings. The predicted molar refractivity (Wildman–Crippen MR) is 71.2 cm³/mol. The summed E-state index contributed by atoms with van der Waals surface area (Å²) in [6.07, 6.45) is 6.03. The number of nitrogens with zero attached hydrogens (tertiary/aromatic N) is 1. The summed E-state index contributed by atoms with van der Waals surface area (Å²) in [6, 6.07) is 4.15. The monoisotopic (exact) mass is 301 g/mol. The summed E-state index contributed by atoms with van der Waals surface area (Å²) in [6.45, 7) is 1.81. The molecule has 0 unspecified atom stereocenters. The minimum Gasteiger partial charge on any atom is -0.381 e. The summed E-state index contributed by atoms with van der Waals surface area (Å²) in [5, 5.41) is 1.07. The number of rotatable bonds is 4. The van der Waals surface area contributed by atoms with Gasteiger partial charge in [0.15, 0.2) is 0 Å². The molecule has 0 aliphatic carbocycles. The number of hydrogen-bond donors (Lipinski definition) is 0. The number of halogens is 1. The van der Waals surface area contributed by atoms with Gasteiger partial charge in [0.05, 0.1) is 0 Å². The van der Waals surface area contributed by atoms with Crippen molar-refractivity contribution in [2.75, 3.05) is 24.3 Å². The van der Waals surface area contributed by atoms with Crippen LogP contribution in [0.3, 0.4) is 0 Å². The molecule has 0 atom stereocenters. The van der Waals surface area contributed by atoms with Crippen LogP contribution in [0.25, 0.3) is 0 Å². The van der Waals surface area contributed by atoms with E-state index in [1.54, 1.807) is 0 Å². The van der Waals surface area contributed by atoms with E-state index in [0.29, 0.717) is 5.41 Å². The van der Waals surface area contributed by atoms with Crippen LogP contribution in [0.5, 0.6) is 0 Å². The molecule has 0 bridgehead atoms. The van der Waals surface area contributed by atoms with Crippen LogP contribution in [0.1, 0.15) is 12.8 Å². The average Bonchev–Trinajstić information content (AvgIpc) is 2.39. The average molecular weight is 302 g/mol. The molecule has 0 radical (unpaired) electrons. The third-order valence-electron chi connectivity index (χ3n) is 3.03. The topological polar surface area (TPSA) is 22.1 Å². The third kappa shape index (κ3) is 3.22. The van der Waals surface area contributed by atoms with E-state index in [9.17, 15) is 0 Å². The van der Waals surface area contributed by atoms with E-state index < -0.39 is 0 Å². The molecule has 1 fully saturated rings. The SMILES string of the molecule is BrCC1(CSc2ccncc2)CCOCC1. The first kappa shape index (κ1) is 12.4. The lowest BCUT2D eigenvalue weighted by Crippen LogP contribution is -2.33. The molecule has 0 spiro atoms. The fourth-order valence-corrected chi connectivity index (χ4v) is 3.99. The zero-order valence-electron chi connectivity index (χ0n) is 9.19. The molecule has 1 aromatic heterocycles. The normalized spacial score (nSPS) is 19.6. The Kier molecular flexibility index (Phi) is 4.67. The second-order valence-electron chi connectivity index (χ2n) is 4.22. The molecule has 1 aliphatic rings. The van der Waals surface area contributed by atoms with Crippen LogP contribution in [0.4, 0.5) is 0 Å². The molecule has 88 valence electrons. The second-order valence-corrected chi connectivity index (χ2v) is 5.83. The highest BCUT2D eigenvalue weighted by atomic mass is 79.9. The Bertz CT molecular complexity index is 314.